The van der Waals surface area contributed by atoms with Crippen molar-refractivity contribution >= 4 is 11.9 Å². The summed E-state index contributed by atoms with van der Waals surface area (Å²) >= 11 is 0. The average molecular weight is 324 g/mol. The molecule has 1 saturated heterocycles. The van der Waals surface area contributed by atoms with Gasteiger partial charge >= 0.3 is 11.9 Å². The zero-order chi connectivity index (χ0) is 17.1. The van der Waals surface area contributed by atoms with Gasteiger partial charge in [-0.3, -0.25) is 9.59 Å². The van der Waals surface area contributed by atoms with Gasteiger partial charge < -0.3 is 19.7 Å². The Hall–Kier alpha value is -1.40. The highest BCUT2D eigenvalue weighted by Gasteiger charge is 2.61. The minimum atomic E-state index is -1.37. The van der Waals surface area contributed by atoms with Crippen LogP contribution in [-0.4, -0.2) is 46.1 Å². The van der Waals surface area contributed by atoms with Crippen LogP contribution in [0.5, 0.6) is 0 Å². The maximum atomic E-state index is 12.1. The maximum Gasteiger partial charge on any atom is 0.309 e. The van der Waals surface area contributed by atoms with Gasteiger partial charge in [-0.05, 0) is 20.3 Å². The molecular weight excluding hydrogens is 300 g/mol. The predicted molar refractivity (Wildman–Crippen MR) is 80.1 cm³/mol. The molecule has 2 fully saturated rings. The number of fused-ring (bicyclic) bond motifs is 3. The van der Waals surface area contributed by atoms with Crippen molar-refractivity contribution in [3.05, 3.63) is 11.1 Å². The lowest BCUT2D eigenvalue weighted by Gasteiger charge is -2.35. The number of hydrogen-bond acceptors (Lipinski definition) is 6. The topological polar surface area (TPSA) is 93.1 Å². The van der Waals surface area contributed by atoms with Crippen LogP contribution in [0, 0.1) is 17.8 Å². The third kappa shape index (κ3) is 2.39. The first-order valence-electron chi connectivity index (χ1n) is 8.11. The normalized spacial score (nSPS) is 46.1. The molecular formula is C17H24O6. The summed E-state index contributed by atoms with van der Waals surface area (Å²) in [6.45, 7) is 6.64. The van der Waals surface area contributed by atoms with Gasteiger partial charge in [0.2, 0.25) is 0 Å². The number of carbonyl (C=O) groups is 2. The minimum Gasteiger partial charge on any atom is -0.462 e. The van der Waals surface area contributed by atoms with E-state index in [1.165, 1.54) is 6.92 Å². The average Bonchev–Trinajstić information content (AvgIpc) is 2.79. The standard InChI is InChI=1S/C17H24O6/c1-7-5-11(22-9(3)18)13-8(2)16(20)23-15(13)14-10(7)6-12(19)17(14,4)21/h8,11-15,19,21H,5-6H2,1-4H3/t8-,11+,12+,13-,14+,15+,17+/m1/s1. The number of aliphatic hydroxyl groups excluding tert-OH is 1. The molecule has 7 atom stereocenters. The predicted octanol–water partition coefficient (Wildman–Crippen LogP) is 0.948. The molecule has 0 amide bonds. The Morgan fingerprint density at radius 2 is 2.04 bits per heavy atom. The van der Waals surface area contributed by atoms with Crippen LogP contribution in [0.15, 0.2) is 11.1 Å². The van der Waals surface area contributed by atoms with Crippen molar-refractivity contribution in [3.8, 4) is 0 Å². The quantitative estimate of drug-likeness (QED) is 0.551. The molecule has 0 radical (unpaired) electrons. The molecule has 23 heavy (non-hydrogen) atoms. The zero-order valence-corrected chi connectivity index (χ0v) is 13.9. The van der Waals surface area contributed by atoms with E-state index in [0.29, 0.717) is 12.8 Å². The SMILES string of the molecule is CC(=O)O[C@H]1CC(C)=C2C[C@H](O)[C@](C)(O)[C@@H]2[C@H]2OC(=O)[C@H](C)[C@@H]21. The molecule has 1 saturated carbocycles. The maximum absolute atomic E-state index is 12.1. The largest absolute Gasteiger partial charge is 0.462 e. The Morgan fingerprint density at radius 1 is 1.39 bits per heavy atom. The van der Waals surface area contributed by atoms with Gasteiger partial charge in [-0.1, -0.05) is 18.1 Å². The van der Waals surface area contributed by atoms with E-state index in [2.05, 4.69) is 0 Å². The lowest BCUT2D eigenvalue weighted by atomic mass is 9.76. The lowest BCUT2D eigenvalue weighted by Crippen LogP contribution is -2.48. The van der Waals surface area contributed by atoms with Gasteiger partial charge in [0.15, 0.2) is 0 Å². The molecule has 128 valence electrons. The second-order valence-electron chi connectivity index (χ2n) is 7.35. The Bertz CT molecular complexity index is 578. The molecule has 0 aromatic heterocycles. The van der Waals surface area contributed by atoms with E-state index in [4.69, 9.17) is 9.47 Å². The molecule has 2 N–H and O–H groups in total. The first kappa shape index (κ1) is 16.5. The van der Waals surface area contributed by atoms with Crippen LogP contribution in [0.25, 0.3) is 0 Å². The second kappa shape index (κ2) is 5.31. The Balaban J connectivity index is 2.08. The van der Waals surface area contributed by atoms with E-state index in [1.54, 1.807) is 13.8 Å². The van der Waals surface area contributed by atoms with Gasteiger partial charge in [0.25, 0.3) is 0 Å². The van der Waals surface area contributed by atoms with E-state index in [1.807, 2.05) is 6.92 Å². The number of rotatable bonds is 1. The first-order valence-corrected chi connectivity index (χ1v) is 8.11. The summed E-state index contributed by atoms with van der Waals surface area (Å²) in [6.07, 6.45) is -1.08. The summed E-state index contributed by atoms with van der Waals surface area (Å²) in [6, 6.07) is 0. The van der Waals surface area contributed by atoms with Crippen molar-refractivity contribution < 1.29 is 29.3 Å². The number of hydrogen-bond donors (Lipinski definition) is 2. The molecule has 1 aliphatic heterocycles. The summed E-state index contributed by atoms with van der Waals surface area (Å²) in [5.74, 6) is -1.92. The Labute approximate surface area is 135 Å². The number of aliphatic hydroxyl groups is 2. The fourth-order valence-corrected chi connectivity index (χ4v) is 4.56. The van der Waals surface area contributed by atoms with Crippen molar-refractivity contribution in [2.24, 2.45) is 17.8 Å². The van der Waals surface area contributed by atoms with Crippen LogP contribution in [-0.2, 0) is 19.1 Å². The van der Waals surface area contributed by atoms with Crippen LogP contribution in [0.3, 0.4) is 0 Å². The molecule has 2 aliphatic carbocycles. The Kier molecular flexibility index (Phi) is 3.80. The van der Waals surface area contributed by atoms with E-state index < -0.39 is 41.7 Å². The molecule has 3 aliphatic rings. The van der Waals surface area contributed by atoms with Crippen molar-refractivity contribution in [2.75, 3.05) is 0 Å². The molecule has 1 heterocycles. The highest BCUT2D eigenvalue weighted by Crippen LogP contribution is 2.53. The van der Waals surface area contributed by atoms with E-state index in [9.17, 15) is 19.8 Å². The smallest absolute Gasteiger partial charge is 0.309 e. The molecule has 6 nitrogen and oxygen atoms in total. The summed E-state index contributed by atoms with van der Waals surface area (Å²) in [4.78, 5) is 23.6. The molecule has 3 rings (SSSR count). The molecule has 0 spiro atoms. The fourth-order valence-electron chi connectivity index (χ4n) is 4.56. The van der Waals surface area contributed by atoms with Gasteiger partial charge in [-0.15, -0.1) is 0 Å². The zero-order valence-electron chi connectivity index (χ0n) is 13.9. The van der Waals surface area contributed by atoms with Gasteiger partial charge in [0.1, 0.15) is 12.2 Å². The third-order valence-electron chi connectivity index (χ3n) is 5.80. The van der Waals surface area contributed by atoms with Crippen LogP contribution < -0.4 is 0 Å². The Morgan fingerprint density at radius 3 is 2.65 bits per heavy atom. The number of carbonyl (C=O) groups excluding carboxylic acids is 2. The fraction of sp³-hybridized carbons (Fsp3) is 0.765. The summed E-state index contributed by atoms with van der Waals surface area (Å²) < 4.78 is 11.1. The van der Waals surface area contributed by atoms with E-state index in [-0.39, 0.29) is 11.9 Å². The molecule has 0 bridgehead atoms. The van der Waals surface area contributed by atoms with Crippen LogP contribution in [0.2, 0.25) is 0 Å². The van der Waals surface area contributed by atoms with E-state index >= 15 is 0 Å². The van der Waals surface area contributed by atoms with Crippen molar-refractivity contribution in [1.82, 2.24) is 0 Å². The summed E-state index contributed by atoms with van der Waals surface area (Å²) in [5.41, 5.74) is 0.555. The molecule has 6 heteroatoms. The lowest BCUT2D eigenvalue weighted by molar-refractivity contribution is -0.154. The van der Waals surface area contributed by atoms with Gasteiger partial charge in [-0.25, -0.2) is 0 Å². The van der Waals surface area contributed by atoms with Crippen LogP contribution in [0.1, 0.15) is 40.5 Å². The molecule has 0 aromatic carbocycles. The summed E-state index contributed by atoms with van der Waals surface area (Å²) in [7, 11) is 0. The number of ether oxygens (including phenoxy) is 2. The van der Waals surface area contributed by atoms with Gasteiger partial charge in [0.05, 0.1) is 17.6 Å². The van der Waals surface area contributed by atoms with Gasteiger partial charge in [-0.2, -0.15) is 0 Å². The van der Waals surface area contributed by atoms with E-state index in [0.717, 1.165) is 11.1 Å². The first-order chi connectivity index (χ1) is 10.6. The minimum absolute atomic E-state index is 0.319. The van der Waals surface area contributed by atoms with Gasteiger partial charge in [0, 0.05) is 25.2 Å². The molecule has 0 unspecified atom stereocenters. The third-order valence-corrected chi connectivity index (χ3v) is 5.80. The molecule has 0 aromatic rings. The highest BCUT2D eigenvalue weighted by atomic mass is 16.6. The van der Waals surface area contributed by atoms with Crippen molar-refractivity contribution in [1.29, 1.82) is 0 Å². The van der Waals surface area contributed by atoms with Crippen LogP contribution >= 0.6 is 0 Å². The highest BCUT2D eigenvalue weighted by molar-refractivity contribution is 5.75. The number of esters is 2. The van der Waals surface area contributed by atoms with Crippen molar-refractivity contribution in [2.45, 2.75) is 64.4 Å². The van der Waals surface area contributed by atoms with Crippen molar-refractivity contribution in [3.63, 3.8) is 0 Å². The van der Waals surface area contributed by atoms with Crippen LogP contribution in [0.4, 0.5) is 0 Å². The monoisotopic (exact) mass is 324 g/mol. The second-order valence-corrected chi connectivity index (χ2v) is 7.35. The summed E-state index contributed by atoms with van der Waals surface area (Å²) in [5, 5.41) is 21.1.